The second-order valence-electron chi connectivity index (χ2n) is 6.72. The van der Waals surface area contributed by atoms with Gasteiger partial charge in [0.15, 0.2) is 11.5 Å². The number of carbonyl (C=O) groups excluding carboxylic acids is 1. The van der Waals surface area contributed by atoms with Gasteiger partial charge in [-0.2, -0.15) is 16.8 Å². The van der Waals surface area contributed by atoms with Crippen molar-refractivity contribution in [3.63, 3.8) is 0 Å². The van der Waals surface area contributed by atoms with Gasteiger partial charge in [0.25, 0.3) is 6.29 Å². The fraction of sp³-hybridized carbons (Fsp3) is 0.0455. The van der Waals surface area contributed by atoms with E-state index in [2.05, 4.69) is 0 Å². The first-order valence-corrected chi connectivity index (χ1v) is 13.4. The zero-order valence-corrected chi connectivity index (χ0v) is 20.8. The Balaban J connectivity index is 1.73. The number of hydrogen-bond donors (Lipinski definition) is 0. The van der Waals surface area contributed by atoms with Crippen LogP contribution in [0.25, 0.3) is 0 Å². The number of benzene rings is 3. The van der Waals surface area contributed by atoms with E-state index in [1.165, 1.54) is 60.7 Å². The standard InChI is InChI=1S/C22H15IO9S2/c23-22-18(29-21-12-11-20(24)30-21)13-15(31-33(25,26)16-7-3-1-4-8-16)14-19(22)32-34(27,28)17-9-5-2-6-10-17/h1-14,21H. The van der Waals surface area contributed by atoms with Crippen LogP contribution in [0.1, 0.15) is 0 Å². The Morgan fingerprint density at radius 3 is 1.82 bits per heavy atom. The monoisotopic (exact) mass is 614 g/mol. The molecule has 0 saturated carbocycles. The van der Waals surface area contributed by atoms with E-state index in [1.807, 2.05) is 0 Å². The first-order chi connectivity index (χ1) is 16.1. The van der Waals surface area contributed by atoms with E-state index in [0.29, 0.717) is 0 Å². The van der Waals surface area contributed by atoms with Gasteiger partial charge in [-0.25, -0.2) is 4.79 Å². The first-order valence-electron chi connectivity index (χ1n) is 9.52. The summed E-state index contributed by atoms with van der Waals surface area (Å²) in [5.41, 5.74) is 0. The predicted molar refractivity (Wildman–Crippen MR) is 127 cm³/mol. The Labute approximate surface area is 209 Å². The predicted octanol–water partition coefficient (Wildman–Crippen LogP) is 3.64. The molecule has 9 nitrogen and oxygen atoms in total. The van der Waals surface area contributed by atoms with E-state index >= 15 is 0 Å². The highest BCUT2D eigenvalue weighted by atomic mass is 127. The number of esters is 1. The van der Waals surface area contributed by atoms with Crippen LogP contribution in [-0.2, 0) is 29.8 Å². The van der Waals surface area contributed by atoms with Crippen LogP contribution in [0.3, 0.4) is 0 Å². The van der Waals surface area contributed by atoms with Crippen LogP contribution in [0.2, 0.25) is 0 Å². The molecule has 1 heterocycles. The second-order valence-corrected chi connectivity index (χ2v) is 10.9. The largest absolute Gasteiger partial charge is 0.450 e. The van der Waals surface area contributed by atoms with Crippen LogP contribution in [0.5, 0.6) is 17.2 Å². The Morgan fingerprint density at radius 1 is 0.765 bits per heavy atom. The van der Waals surface area contributed by atoms with Crippen molar-refractivity contribution in [3.8, 4) is 17.2 Å². The second kappa shape index (κ2) is 9.64. The van der Waals surface area contributed by atoms with Gasteiger partial charge in [0.05, 0.1) is 3.57 Å². The molecule has 12 heteroatoms. The quantitative estimate of drug-likeness (QED) is 0.213. The highest BCUT2D eigenvalue weighted by Gasteiger charge is 2.26. The van der Waals surface area contributed by atoms with Gasteiger partial charge in [-0.3, -0.25) is 0 Å². The molecule has 0 bridgehead atoms. The van der Waals surface area contributed by atoms with Crippen LogP contribution in [0.4, 0.5) is 0 Å². The molecule has 0 aliphatic carbocycles. The molecule has 3 aromatic carbocycles. The van der Waals surface area contributed by atoms with Gasteiger partial charge in [0, 0.05) is 24.3 Å². The molecular weight excluding hydrogens is 599 g/mol. The average molecular weight is 614 g/mol. The van der Waals surface area contributed by atoms with Crippen LogP contribution in [0.15, 0.2) is 94.7 Å². The minimum Gasteiger partial charge on any atom is -0.450 e. The number of rotatable bonds is 8. The van der Waals surface area contributed by atoms with E-state index in [-0.39, 0.29) is 30.6 Å². The third-order valence-electron chi connectivity index (χ3n) is 4.31. The van der Waals surface area contributed by atoms with Crippen molar-refractivity contribution in [1.29, 1.82) is 0 Å². The van der Waals surface area contributed by atoms with E-state index in [9.17, 15) is 21.6 Å². The molecule has 1 unspecified atom stereocenters. The molecule has 0 saturated heterocycles. The van der Waals surface area contributed by atoms with Gasteiger partial charge in [-0.1, -0.05) is 36.4 Å². The molecule has 0 amide bonds. The van der Waals surface area contributed by atoms with Crippen molar-refractivity contribution in [1.82, 2.24) is 0 Å². The van der Waals surface area contributed by atoms with E-state index < -0.39 is 32.5 Å². The van der Waals surface area contributed by atoms with Gasteiger partial charge in [0.2, 0.25) is 0 Å². The maximum atomic E-state index is 12.8. The van der Waals surface area contributed by atoms with Crippen LogP contribution in [0, 0.1) is 3.57 Å². The topological polar surface area (TPSA) is 122 Å². The summed E-state index contributed by atoms with van der Waals surface area (Å²) in [7, 11) is -8.52. The first kappa shape index (κ1) is 24.0. The van der Waals surface area contributed by atoms with Crippen molar-refractivity contribution in [2.75, 3.05) is 0 Å². The molecule has 0 radical (unpaired) electrons. The van der Waals surface area contributed by atoms with Gasteiger partial charge >= 0.3 is 26.2 Å². The van der Waals surface area contributed by atoms with Crippen molar-refractivity contribution in [2.45, 2.75) is 16.1 Å². The maximum absolute atomic E-state index is 12.8. The zero-order chi connectivity index (χ0) is 24.3. The van der Waals surface area contributed by atoms with Gasteiger partial charge in [-0.15, -0.1) is 0 Å². The molecular formula is C22H15IO9S2. The molecule has 1 atom stereocenters. The van der Waals surface area contributed by atoms with E-state index in [0.717, 1.165) is 12.1 Å². The van der Waals surface area contributed by atoms with Crippen molar-refractivity contribution >= 4 is 48.8 Å². The van der Waals surface area contributed by atoms with E-state index in [1.54, 1.807) is 34.7 Å². The van der Waals surface area contributed by atoms with Gasteiger partial charge in [0.1, 0.15) is 15.5 Å². The van der Waals surface area contributed by atoms with Crippen LogP contribution in [-0.4, -0.2) is 29.1 Å². The van der Waals surface area contributed by atoms with Crippen molar-refractivity contribution in [2.24, 2.45) is 0 Å². The average Bonchev–Trinajstić information content (AvgIpc) is 3.22. The maximum Gasteiger partial charge on any atom is 0.339 e. The molecule has 3 aromatic rings. The van der Waals surface area contributed by atoms with Crippen molar-refractivity contribution in [3.05, 3.63) is 88.5 Å². The summed E-state index contributed by atoms with van der Waals surface area (Å²) in [4.78, 5) is 11.1. The number of halogens is 1. The molecule has 0 fully saturated rings. The summed E-state index contributed by atoms with van der Waals surface area (Å²) in [6, 6.07) is 17.1. The van der Waals surface area contributed by atoms with E-state index in [4.69, 9.17) is 17.8 Å². The number of hydrogen-bond acceptors (Lipinski definition) is 9. The summed E-state index contributed by atoms with van der Waals surface area (Å²) < 4.78 is 72.2. The lowest BCUT2D eigenvalue weighted by atomic mass is 10.3. The molecule has 1 aliphatic heterocycles. The highest BCUT2D eigenvalue weighted by Crippen LogP contribution is 2.38. The normalized spacial score (nSPS) is 15.6. The number of ether oxygens (including phenoxy) is 2. The summed E-state index contributed by atoms with van der Waals surface area (Å²) in [6.45, 7) is 0. The fourth-order valence-corrected chi connectivity index (χ4v) is 5.39. The minimum absolute atomic E-state index is 0.0241. The van der Waals surface area contributed by atoms with Gasteiger partial charge < -0.3 is 17.8 Å². The summed E-state index contributed by atoms with van der Waals surface area (Å²) in [5.74, 6) is -1.16. The molecule has 176 valence electrons. The third-order valence-corrected chi connectivity index (χ3v) is 7.89. The summed E-state index contributed by atoms with van der Waals surface area (Å²) in [5, 5.41) is 0. The van der Waals surface area contributed by atoms with Crippen LogP contribution >= 0.6 is 22.6 Å². The molecule has 0 N–H and O–H groups in total. The Bertz CT molecular complexity index is 1450. The lowest BCUT2D eigenvalue weighted by Gasteiger charge is -2.17. The molecule has 1 aliphatic rings. The summed E-state index contributed by atoms with van der Waals surface area (Å²) in [6.07, 6.45) is 1.41. The lowest BCUT2D eigenvalue weighted by Crippen LogP contribution is -2.17. The number of carbonyl (C=O) groups is 1. The fourth-order valence-electron chi connectivity index (χ4n) is 2.80. The molecule has 34 heavy (non-hydrogen) atoms. The molecule has 0 spiro atoms. The SMILES string of the molecule is O=C1C=CC(Oc2cc(OS(=O)(=O)c3ccccc3)cc(OS(=O)(=O)c3ccccc3)c2I)O1. The molecule has 0 aromatic heterocycles. The summed E-state index contributed by atoms with van der Waals surface area (Å²) >= 11 is 1.77. The Hall–Kier alpha value is -3.10. The minimum atomic E-state index is -4.27. The Kier molecular flexibility index (Phi) is 6.81. The number of cyclic esters (lactones) is 1. The third kappa shape index (κ3) is 5.51. The smallest absolute Gasteiger partial charge is 0.339 e. The van der Waals surface area contributed by atoms with Gasteiger partial charge in [-0.05, 0) is 46.9 Å². The zero-order valence-electron chi connectivity index (χ0n) is 17.0. The molecule has 4 rings (SSSR count). The van der Waals surface area contributed by atoms with Crippen LogP contribution < -0.4 is 13.1 Å². The lowest BCUT2D eigenvalue weighted by molar-refractivity contribution is -0.147. The Morgan fingerprint density at radius 2 is 1.29 bits per heavy atom. The highest BCUT2D eigenvalue weighted by molar-refractivity contribution is 14.1. The van der Waals surface area contributed by atoms with Crippen molar-refractivity contribution < 1.29 is 39.5 Å².